The first kappa shape index (κ1) is 23.3. The summed E-state index contributed by atoms with van der Waals surface area (Å²) in [5, 5.41) is 11.3. The van der Waals surface area contributed by atoms with E-state index in [1.165, 1.54) is 26.3 Å². The molecule has 4 rings (SSSR count). The summed E-state index contributed by atoms with van der Waals surface area (Å²) in [6, 6.07) is 0. The zero-order chi connectivity index (χ0) is 23.4. The molecule has 0 aromatic rings. The van der Waals surface area contributed by atoms with Crippen LogP contribution in [0.5, 0.6) is 0 Å². The predicted molar refractivity (Wildman–Crippen MR) is 115 cm³/mol. The molecule has 0 bridgehead atoms. The van der Waals surface area contributed by atoms with Crippen LogP contribution in [0.25, 0.3) is 0 Å². The minimum absolute atomic E-state index is 0.00592. The maximum absolute atomic E-state index is 11.9. The molecular formula is C25H36O7. The Kier molecular flexibility index (Phi) is 5.93. The van der Waals surface area contributed by atoms with Crippen LogP contribution in [0.3, 0.4) is 0 Å². The molecule has 0 aromatic heterocycles. The monoisotopic (exact) mass is 448 g/mol. The average molecular weight is 449 g/mol. The normalized spacial score (nSPS) is 44.9. The third kappa shape index (κ3) is 3.76. The second-order valence-electron chi connectivity index (χ2n) is 10.8. The molecule has 4 aliphatic rings. The van der Waals surface area contributed by atoms with Crippen molar-refractivity contribution in [3.8, 4) is 0 Å². The fourth-order valence-electron chi connectivity index (χ4n) is 7.61. The highest BCUT2D eigenvalue weighted by Gasteiger charge is 2.65. The summed E-state index contributed by atoms with van der Waals surface area (Å²) in [5.74, 6) is -0.660. The summed E-state index contributed by atoms with van der Waals surface area (Å²) in [6.45, 7) is 8.62. The molecule has 0 heterocycles. The first-order chi connectivity index (χ1) is 15.0. The number of ether oxygens (including phenoxy) is 3. The molecule has 0 saturated heterocycles. The molecule has 32 heavy (non-hydrogen) atoms. The van der Waals surface area contributed by atoms with E-state index < -0.39 is 18.3 Å². The van der Waals surface area contributed by atoms with E-state index in [1.54, 1.807) is 0 Å². The molecule has 0 aromatic carbocycles. The van der Waals surface area contributed by atoms with Gasteiger partial charge in [-0.1, -0.05) is 25.5 Å². The van der Waals surface area contributed by atoms with E-state index in [0.717, 1.165) is 25.7 Å². The number of carbonyl (C=O) groups is 3. The van der Waals surface area contributed by atoms with Crippen molar-refractivity contribution in [2.45, 2.75) is 97.6 Å². The summed E-state index contributed by atoms with van der Waals surface area (Å²) in [4.78, 5) is 35.1. The molecule has 0 radical (unpaired) electrons. The van der Waals surface area contributed by atoms with E-state index in [0.29, 0.717) is 12.8 Å². The number of hydrogen-bond acceptors (Lipinski definition) is 7. The molecule has 3 saturated carbocycles. The predicted octanol–water partition coefficient (Wildman–Crippen LogP) is 3.33. The molecule has 0 spiro atoms. The van der Waals surface area contributed by atoms with Crippen molar-refractivity contribution in [1.82, 2.24) is 0 Å². The van der Waals surface area contributed by atoms with E-state index in [1.807, 2.05) is 6.08 Å². The topological polar surface area (TPSA) is 99.1 Å². The van der Waals surface area contributed by atoms with Gasteiger partial charge in [0.1, 0.15) is 18.3 Å². The summed E-state index contributed by atoms with van der Waals surface area (Å²) >= 11 is 0. The van der Waals surface area contributed by atoms with Crippen LogP contribution >= 0.6 is 0 Å². The van der Waals surface area contributed by atoms with Gasteiger partial charge in [0.15, 0.2) is 0 Å². The molecule has 7 heteroatoms. The Bertz CT molecular complexity index is 834. The highest BCUT2D eigenvalue weighted by molar-refractivity contribution is 5.67. The Balaban J connectivity index is 1.65. The minimum atomic E-state index is -0.627. The number of carbonyl (C=O) groups excluding carboxylic acids is 3. The zero-order valence-electron chi connectivity index (χ0n) is 19.8. The summed E-state index contributed by atoms with van der Waals surface area (Å²) in [6.07, 6.45) is 4.98. The Labute approximate surface area is 189 Å². The molecule has 6 unspecified atom stereocenters. The molecule has 0 aliphatic heterocycles. The molecule has 0 amide bonds. The standard InChI is InChI=1S/C25H36O7/c1-13(26)30-17-6-8-24(4)16(10-17)11-20(29)22-18(24)7-9-25(5)19(22)12-21(31-14(2)27)23(25)32-15(3)28/h11,17-23,29H,6-10,12H2,1-5H3/t17-,18?,19?,20+,21-,22?,23?,24?,25?/m1/s1. The van der Waals surface area contributed by atoms with Gasteiger partial charge in [-0.3, -0.25) is 14.4 Å². The Hall–Kier alpha value is -1.89. The maximum atomic E-state index is 11.9. The second kappa shape index (κ2) is 8.15. The SMILES string of the molecule is CC(=O)OC1[C@H](OC(C)=O)CC2C3C(CCC21C)C1(C)CC[C@@H](OC(C)=O)CC1=C[C@@H]3O. The average Bonchev–Trinajstić information content (AvgIpc) is 2.93. The van der Waals surface area contributed by atoms with Gasteiger partial charge in [-0.05, 0) is 55.3 Å². The van der Waals surface area contributed by atoms with Crippen molar-refractivity contribution in [3.63, 3.8) is 0 Å². The highest BCUT2D eigenvalue weighted by atomic mass is 16.6. The number of rotatable bonds is 3. The van der Waals surface area contributed by atoms with Crippen LogP contribution in [-0.4, -0.2) is 47.4 Å². The van der Waals surface area contributed by atoms with Crippen molar-refractivity contribution in [1.29, 1.82) is 0 Å². The first-order valence-electron chi connectivity index (χ1n) is 11.9. The van der Waals surface area contributed by atoms with Gasteiger partial charge in [-0.2, -0.15) is 0 Å². The molecule has 9 atom stereocenters. The van der Waals surface area contributed by atoms with Gasteiger partial charge < -0.3 is 19.3 Å². The largest absolute Gasteiger partial charge is 0.462 e. The lowest BCUT2D eigenvalue weighted by Gasteiger charge is -2.58. The van der Waals surface area contributed by atoms with E-state index in [9.17, 15) is 19.5 Å². The van der Waals surface area contributed by atoms with Gasteiger partial charge >= 0.3 is 17.9 Å². The number of hydrogen-bond donors (Lipinski definition) is 1. The van der Waals surface area contributed by atoms with Crippen LogP contribution in [0.15, 0.2) is 11.6 Å². The van der Waals surface area contributed by atoms with E-state index in [4.69, 9.17) is 14.2 Å². The first-order valence-corrected chi connectivity index (χ1v) is 11.9. The third-order valence-electron chi connectivity index (χ3n) is 8.94. The van der Waals surface area contributed by atoms with Crippen molar-refractivity contribution < 1.29 is 33.7 Å². The van der Waals surface area contributed by atoms with Gasteiger partial charge in [0.05, 0.1) is 6.10 Å². The van der Waals surface area contributed by atoms with Crippen molar-refractivity contribution >= 4 is 17.9 Å². The number of aliphatic hydroxyl groups is 1. The van der Waals surface area contributed by atoms with Crippen molar-refractivity contribution in [3.05, 3.63) is 11.6 Å². The Morgan fingerprint density at radius 3 is 2.22 bits per heavy atom. The van der Waals surface area contributed by atoms with Gasteiger partial charge in [0, 0.05) is 32.6 Å². The number of fused-ring (bicyclic) bond motifs is 5. The van der Waals surface area contributed by atoms with Gasteiger partial charge in [-0.25, -0.2) is 0 Å². The maximum Gasteiger partial charge on any atom is 0.303 e. The van der Waals surface area contributed by atoms with Gasteiger partial charge in [-0.15, -0.1) is 0 Å². The minimum Gasteiger partial charge on any atom is -0.462 e. The third-order valence-corrected chi connectivity index (χ3v) is 8.94. The van der Waals surface area contributed by atoms with E-state index in [2.05, 4.69) is 13.8 Å². The molecule has 3 fully saturated rings. The van der Waals surface area contributed by atoms with Gasteiger partial charge in [0.2, 0.25) is 0 Å². The fourth-order valence-corrected chi connectivity index (χ4v) is 7.61. The molecule has 178 valence electrons. The summed E-state index contributed by atoms with van der Waals surface area (Å²) in [5.41, 5.74) is 0.779. The number of esters is 3. The smallest absolute Gasteiger partial charge is 0.303 e. The Morgan fingerprint density at radius 2 is 1.59 bits per heavy atom. The molecule has 1 N–H and O–H groups in total. The molecular weight excluding hydrogens is 412 g/mol. The van der Waals surface area contributed by atoms with E-state index in [-0.39, 0.29) is 52.6 Å². The van der Waals surface area contributed by atoms with Crippen LogP contribution in [0.2, 0.25) is 0 Å². The van der Waals surface area contributed by atoms with Crippen LogP contribution in [0.1, 0.15) is 73.1 Å². The molecule has 4 aliphatic carbocycles. The quantitative estimate of drug-likeness (QED) is 0.402. The summed E-state index contributed by atoms with van der Waals surface area (Å²) < 4.78 is 16.8. The van der Waals surface area contributed by atoms with Crippen molar-refractivity contribution in [2.75, 3.05) is 0 Å². The van der Waals surface area contributed by atoms with Gasteiger partial charge in [0.25, 0.3) is 0 Å². The second-order valence-corrected chi connectivity index (χ2v) is 10.8. The Morgan fingerprint density at radius 1 is 0.938 bits per heavy atom. The van der Waals surface area contributed by atoms with Crippen LogP contribution in [-0.2, 0) is 28.6 Å². The van der Waals surface area contributed by atoms with Crippen LogP contribution < -0.4 is 0 Å². The lowest BCUT2D eigenvalue weighted by atomic mass is 9.47. The van der Waals surface area contributed by atoms with Crippen LogP contribution in [0.4, 0.5) is 0 Å². The summed E-state index contributed by atoms with van der Waals surface area (Å²) in [7, 11) is 0. The van der Waals surface area contributed by atoms with Crippen LogP contribution in [0, 0.1) is 28.6 Å². The number of aliphatic hydroxyl groups excluding tert-OH is 1. The fraction of sp³-hybridized carbons (Fsp3) is 0.800. The lowest BCUT2D eigenvalue weighted by Crippen LogP contribution is -2.55. The molecule has 7 nitrogen and oxygen atoms in total. The zero-order valence-corrected chi connectivity index (χ0v) is 19.8. The highest BCUT2D eigenvalue weighted by Crippen LogP contribution is 2.65. The lowest BCUT2D eigenvalue weighted by molar-refractivity contribution is -0.174. The van der Waals surface area contributed by atoms with E-state index >= 15 is 0 Å². The van der Waals surface area contributed by atoms with Crippen molar-refractivity contribution in [2.24, 2.45) is 28.6 Å².